The molecule has 1 heterocycles. The molecule has 2 atom stereocenters. The Balaban J connectivity index is 2.12. The summed E-state index contributed by atoms with van der Waals surface area (Å²) in [7, 11) is 1.84. The summed E-state index contributed by atoms with van der Waals surface area (Å²) in [5.74, 6) is -0.0565. The molecule has 0 saturated heterocycles. The first-order valence-electron chi connectivity index (χ1n) is 7.12. The molecule has 3 nitrogen and oxygen atoms in total. The molecule has 1 unspecified atom stereocenters. The number of likely N-dealkylation sites (N-methyl/N-ethyl adjacent to an activating group) is 1. The Morgan fingerprint density at radius 1 is 1.43 bits per heavy atom. The summed E-state index contributed by atoms with van der Waals surface area (Å²) in [6.45, 7) is 5.11. The Hall–Kier alpha value is -1.16. The van der Waals surface area contributed by atoms with Gasteiger partial charge in [0.2, 0.25) is 0 Å². The molecule has 114 valence electrons. The van der Waals surface area contributed by atoms with E-state index in [1.54, 1.807) is 23.1 Å². The first-order chi connectivity index (χ1) is 10.0. The Labute approximate surface area is 136 Å². The molecular formula is C16H20Cl2N2O. The summed E-state index contributed by atoms with van der Waals surface area (Å²) >= 11 is 12.0. The van der Waals surface area contributed by atoms with Crippen molar-refractivity contribution in [1.29, 1.82) is 0 Å². The van der Waals surface area contributed by atoms with Gasteiger partial charge in [-0.1, -0.05) is 49.3 Å². The van der Waals surface area contributed by atoms with Crippen molar-refractivity contribution in [1.82, 2.24) is 4.90 Å². The van der Waals surface area contributed by atoms with Crippen LogP contribution < -0.4 is 4.90 Å². The third kappa shape index (κ3) is 3.94. The lowest BCUT2D eigenvalue weighted by Crippen LogP contribution is -3.09. The number of quaternary nitrogens is 1. The number of hydrogen-bond donors (Lipinski definition) is 1. The summed E-state index contributed by atoms with van der Waals surface area (Å²) in [4.78, 5) is 15.7. The van der Waals surface area contributed by atoms with Gasteiger partial charge in [-0.3, -0.25) is 4.79 Å². The van der Waals surface area contributed by atoms with Gasteiger partial charge in [-0.05, 0) is 24.6 Å². The predicted octanol–water partition coefficient (Wildman–Crippen LogP) is 2.81. The fourth-order valence-electron chi connectivity index (χ4n) is 2.43. The van der Waals surface area contributed by atoms with Crippen LogP contribution in [0.4, 0.5) is 0 Å². The largest absolute Gasteiger partial charge is 0.423 e. The van der Waals surface area contributed by atoms with Crippen molar-refractivity contribution in [3.05, 3.63) is 52.6 Å². The van der Waals surface area contributed by atoms with Gasteiger partial charge in [0.25, 0.3) is 5.91 Å². The van der Waals surface area contributed by atoms with Crippen molar-refractivity contribution in [2.24, 2.45) is 0 Å². The molecule has 0 radical (unpaired) electrons. The summed E-state index contributed by atoms with van der Waals surface area (Å²) in [5.41, 5.74) is 0.503. The molecule has 0 fully saturated rings. The lowest BCUT2D eigenvalue weighted by atomic mass is 10.1. The standard InChI is InChI=1S/C16H20Cl2N2O/c1-3-5-13(11-20-8-4-9-20)19(2)16(21)14-7-6-12(17)10-15(14)18/h4,6-10,13,20H,3,5,11H2,1-2H3/t13-/m0/s1. The van der Waals surface area contributed by atoms with Crippen LogP contribution in [0.3, 0.4) is 0 Å². The average Bonchev–Trinajstić information content (AvgIpc) is 2.40. The SMILES string of the molecule is CCC[C@@H](C[NH+]1C=C[CH-]1)N(C)C(=O)c1ccc(Cl)cc1Cl. The van der Waals surface area contributed by atoms with Gasteiger partial charge in [0.05, 0.1) is 23.2 Å². The molecule has 1 aromatic carbocycles. The number of amides is 1. The van der Waals surface area contributed by atoms with Crippen LogP contribution in [0.15, 0.2) is 30.5 Å². The summed E-state index contributed by atoms with van der Waals surface area (Å²) in [6, 6.07) is 5.18. The van der Waals surface area contributed by atoms with E-state index in [1.165, 1.54) is 4.90 Å². The minimum Gasteiger partial charge on any atom is -0.423 e. The van der Waals surface area contributed by atoms with Crippen LogP contribution in [0.25, 0.3) is 0 Å². The van der Waals surface area contributed by atoms with E-state index in [-0.39, 0.29) is 11.9 Å². The van der Waals surface area contributed by atoms with Crippen LogP contribution in [0.2, 0.25) is 10.0 Å². The van der Waals surface area contributed by atoms with Gasteiger partial charge in [-0.2, -0.15) is 0 Å². The molecular weight excluding hydrogens is 307 g/mol. The van der Waals surface area contributed by atoms with Crippen LogP contribution >= 0.6 is 23.2 Å². The van der Waals surface area contributed by atoms with Gasteiger partial charge in [0.1, 0.15) is 0 Å². The fourth-order valence-corrected chi connectivity index (χ4v) is 2.91. The maximum absolute atomic E-state index is 12.6. The van der Waals surface area contributed by atoms with Gasteiger partial charge < -0.3 is 9.80 Å². The van der Waals surface area contributed by atoms with Crippen LogP contribution in [0.1, 0.15) is 30.1 Å². The molecule has 21 heavy (non-hydrogen) atoms. The molecule has 0 bridgehead atoms. The molecule has 0 spiro atoms. The maximum atomic E-state index is 12.6. The number of nitrogens with zero attached hydrogens (tertiary/aromatic N) is 1. The first-order valence-corrected chi connectivity index (χ1v) is 7.88. The van der Waals surface area contributed by atoms with Crippen LogP contribution in [0.5, 0.6) is 0 Å². The second-order valence-corrected chi connectivity index (χ2v) is 6.13. The van der Waals surface area contributed by atoms with Crippen LogP contribution in [0, 0.1) is 6.54 Å². The minimum absolute atomic E-state index is 0.0565. The fraction of sp³-hybridized carbons (Fsp3) is 0.375. The third-order valence-corrected chi connectivity index (χ3v) is 4.29. The number of hydrogen-bond acceptors (Lipinski definition) is 1. The number of benzene rings is 1. The lowest BCUT2D eigenvalue weighted by molar-refractivity contribution is -0.828. The molecule has 1 amide bonds. The van der Waals surface area contributed by atoms with Crippen molar-refractivity contribution in [2.45, 2.75) is 25.8 Å². The van der Waals surface area contributed by atoms with E-state index in [0.717, 1.165) is 19.4 Å². The van der Waals surface area contributed by atoms with Gasteiger partial charge in [-0.25, -0.2) is 0 Å². The lowest BCUT2D eigenvalue weighted by Gasteiger charge is -2.36. The van der Waals surface area contributed by atoms with E-state index >= 15 is 0 Å². The molecule has 1 N–H and O–H groups in total. The number of halogens is 2. The van der Waals surface area contributed by atoms with E-state index in [9.17, 15) is 4.79 Å². The Bertz CT molecular complexity index is 545. The molecule has 2 rings (SSSR count). The predicted molar refractivity (Wildman–Crippen MR) is 86.5 cm³/mol. The summed E-state index contributed by atoms with van der Waals surface area (Å²) in [5, 5.41) is 0.937. The maximum Gasteiger partial charge on any atom is 0.255 e. The molecule has 0 aromatic heterocycles. The topological polar surface area (TPSA) is 24.8 Å². The zero-order valence-corrected chi connectivity index (χ0v) is 13.8. The second kappa shape index (κ2) is 7.21. The summed E-state index contributed by atoms with van der Waals surface area (Å²) in [6.07, 6.45) is 6.12. The number of nitrogens with one attached hydrogen (secondary N) is 1. The quantitative estimate of drug-likeness (QED) is 0.799. The van der Waals surface area contributed by atoms with E-state index in [1.807, 2.05) is 13.1 Å². The monoisotopic (exact) mass is 326 g/mol. The van der Waals surface area contributed by atoms with E-state index in [0.29, 0.717) is 15.6 Å². The highest BCUT2D eigenvalue weighted by atomic mass is 35.5. The highest BCUT2D eigenvalue weighted by Gasteiger charge is 2.24. The van der Waals surface area contributed by atoms with Crippen molar-refractivity contribution in [2.75, 3.05) is 13.6 Å². The molecule has 1 aromatic rings. The zero-order chi connectivity index (χ0) is 15.4. The summed E-state index contributed by atoms with van der Waals surface area (Å²) < 4.78 is 0. The highest BCUT2D eigenvalue weighted by Crippen LogP contribution is 2.23. The molecule has 1 aliphatic rings. The Morgan fingerprint density at radius 3 is 2.67 bits per heavy atom. The number of rotatable bonds is 6. The highest BCUT2D eigenvalue weighted by molar-refractivity contribution is 6.36. The molecule has 0 aliphatic carbocycles. The molecule has 5 heteroatoms. The number of carbonyl (C=O) groups excluding carboxylic acids is 1. The average molecular weight is 327 g/mol. The molecule has 0 saturated carbocycles. The normalized spacial score (nSPS) is 17.8. The van der Waals surface area contributed by atoms with Gasteiger partial charge >= 0.3 is 0 Å². The van der Waals surface area contributed by atoms with Crippen LogP contribution in [-0.2, 0) is 0 Å². The minimum atomic E-state index is -0.0565. The van der Waals surface area contributed by atoms with Gasteiger partial charge in [-0.15, -0.1) is 6.08 Å². The third-order valence-electron chi connectivity index (χ3n) is 3.74. The Morgan fingerprint density at radius 2 is 2.14 bits per heavy atom. The van der Waals surface area contributed by atoms with E-state index in [4.69, 9.17) is 23.2 Å². The number of carbonyl (C=O) groups is 1. The second-order valence-electron chi connectivity index (χ2n) is 5.29. The molecule has 1 aliphatic heterocycles. The van der Waals surface area contributed by atoms with E-state index in [2.05, 4.69) is 19.7 Å². The van der Waals surface area contributed by atoms with Crippen molar-refractivity contribution >= 4 is 29.1 Å². The van der Waals surface area contributed by atoms with Crippen molar-refractivity contribution in [3.8, 4) is 0 Å². The van der Waals surface area contributed by atoms with Gasteiger partial charge in [0, 0.05) is 12.1 Å². The van der Waals surface area contributed by atoms with E-state index < -0.39 is 0 Å². The smallest absolute Gasteiger partial charge is 0.255 e. The first kappa shape index (κ1) is 16.2. The van der Waals surface area contributed by atoms with Gasteiger partial charge in [0.15, 0.2) is 0 Å². The Kier molecular flexibility index (Phi) is 5.57. The van der Waals surface area contributed by atoms with Crippen LogP contribution in [-0.4, -0.2) is 30.4 Å². The van der Waals surface area contributed by atoms with Crippen molar-refractivity contribution in [3.63, 3.8) is 0 Å². The zero-order valence-electron chi connectivity index (χ0n) is 12.3. The van der Waals surface area contributed by atoms with Crippen molar-refractivity contribution < 1.29 is 9.69 Å².